The van der Waals surface area contributed by atoms with Crippen molar-refractivity contribution in [2.45, 2.75) is 116 Å². The maximum absolute atomic E-state index is 14.9. The Bertz CT molecular complexity index is 2780. The van der Waals surface area contributed by atoms with E-state index in [0.717, 1.165) is 75.9 Å². The van der Waals surface area contributed by atoms with Gasteiger partial charge in [-0.1, -0.05) is 90.1 Å². The zero-order valence-corrected chi connectivity index (χ0v) is 42.6. The Balaban J connectivity index is 0.000000209. The molecule has 6 aromatic rings. The molecule has 0 saturated heterocycles. The predicted octanol–water partition coefficient (Wildman–Crippen LogP) is 14.8. The summed E-state index contributed by atoms with van der Waals surface area (Å²) in [5.74, 6) is 2.45. The van der Waals surface area contributed by atoms with Gasteiger partial charge in [-0.3, -0.25) is 9.59 Å². The molecular weight excluding hydrogens is 899 g/mol. The molecule has 0 bridgehead atoms. The van der Waals surface area contributed by atoms with Crippen molar-refractivity contribution in [3.63, 3.8) is 0 Å². The highest BCUT2D eigenvalue weighted by Gasteiger charge is 2.35. The molecule has 8 nitrogen and oxygen atoms in total. The molecule has 374 valence electrons. The fourth-order valence-corrected chi connectivity index (χ4v) is 9.31. The summed E-state index contributed by atoms with van der Waals surface area (Å²) in [6.45, 7) is 13.4. The average molecular weight is 967 g/mol. The van der Waals surface area contributed by atoms with Gasteiger partial charge < -0.3 is 28.8 Å². The van der Waals surface area contributed by atoms with E-state index in [9.17, 15) is 23.5 Å². The number of ether oxygens (including phenoxy) is 5. The first-order valence-electron chi connectivity index (χ1n) is 24.5. The molecule has 0 heterocycles. The van der Waals surface area contributed by atoms with Crippen LogP contribution >= 0.6 is 0 Å². The molecule has 71 heavy (non-hydrogen) atoms. The lowest BCUT2D eigenvalue weighted by Crippen LogP contribution is -2.13. The highest BCUT2D eigenvalue weighted by Crippen LogP contribution is 2.46. The van der Waals surface area contributed by atoms with Crippen molar-refractivity contribution in [3.05, 3.63) is 166 Å². The minimum absolute atomic E-state index is 0.0619. The summed E-state index contributed by atoms with van der Waals surface area (Å²) < 4.78 is 57.5. The van der Waals surface area contributed by atoms with Crippen molar-refractivity contribution in [2.24, 2.45) is 11.8 Å². The second-order valence-electron chi connectivity index (χ2n) is 20.9. The van der Waals surface area contributed by atoms with Gasteiger partial charge in [0.15, 0.2) is 0 Å². The van der Waals surface area contributed by atoms with Gasteiger partial charge in [-0.2, -0.15) is 0 Å². The molecule has 6 aromatic carbocycles. The Hall–Kier alpha value is -6.68. The molecule has 2 atom stereocenters. The summed E-state index contributed by atoms with van der Waals surface area (Å²) in [6, 6.07) is 37.5. The van der Waals surface area contributed by atoms with E-state index in [2.05, 4.69) is 47.6 Å². The van der Waals surface area contributed by atoms with Crippen LogP contribution in [0, 0.1) is 23.5 Å². The minimum atomic E-state index is -0.760. The van der Waals surface area contributed by atoms with Crippen LogP contribution in [0.5, 0.6) is 23.0 Å². The van der Waals surface area contributed by atoms with E-state index in [0.29, 0.717) is 59.8 Å². The summed E-state index contributed by atoms with van der Waals surface area (Å²) in [5.41, 5.74) is 8.52. The Morgan fingerprint density at radius 3 is 1.24 bits per heavy atom. The van der Waals surface area contributed by atoms with Gasteiger partial charge in [-0.15, -0.1) is 0 Å². The van der Waals surface area contributed by atoms with Crippen LogP contribution in [0.15, 0.2) is 121 Å². The average Bonchev–Trinajstić information content (AvgIpc) is 4.30. The molecule has 10 heteroatoms. The van der Waals surface area contributed by atoms with Crippen molar-refractivity contribution < 1.29 is 47.2 Å². The van der Waals surface area contributed by atoms with E-state index < -0.39 is 5.97 Å². The predicted molar refractivity (Wildman–Crippen MR) is 276 cm³/mol. The molecule has 2 aliphatic rings. The molecule has 0 unspecified atom stereocenters. The number of benzene rings is 6. The van der Waals surface area contributed by atoms with E-state index in [1.165, 1.54) is 19.2 Å². The number of rotatable bonds is 18. The van der Waals surface area contributed by atoms with Gasteiger partial charge in [0.1, 0.15) is 47.8 Å². The van der Waals surface area contributed by atoms with E-state index in [4.69, 9.17) is 23.7 Å². The molecular formula is C61H68F2O8. The smallest absolute Gasteiger partial charge is 0.306 e. The first kappa shape index (κ1) is 52.2. The van der Waals surface area contributed by atoms with Crippen molar-refractivity contribution >= 4 is 11.9 Å². The number of methoxy groups -OCH3 is 3. The maximum Gasteiger partial charge on any atom is 0.306 e. The summed E-state index contributed by atoms with van der Waals surface area (Å²) in [4.78, 5) is 23.1. The SMILES string of the molecule is COC(=O)C[C@H](c1ccc(OCc2ccc(C(C)(C)C)c(-c3cc(OC)ccc3F)c2)cc1)C1CC1.COc1ccc(F)c(-c2cc(COc3ccc([C@@H](CC(=O)O)C4CC4)cc3)ccc2C(C)(C)C)c1. The number of carbonyl (C=O) groups is 2. The molecule has 0 aliphatic heterocycles. The van der Waals surface area contributed by atoms with Crippen molar-refractivity contribution in [3.8, 4) is 45.3 Å². The Kier molecular flexibility index (Phi) is 16.6. The second-order valence-corrected chi connectivity index (χ2v) is 20.9. The molecule has 8 rings (SSSR count). The van der Waals surface area contributed by atoms with Gasteiger partial charge in [0, 0.05) is 11.1 Å². The number of hydrogen-bond donors (Lipinski definition) is 1. The zero-order chi connectivity index (χ0) is 51.0. The summed E-state index contributed by atoms with van der Waals surface area (Å²) >= 11 is 0. The topological polar surface area (TPSA) is 101 Å². The van der Waals surface area contributed by atoms with Crippen LogP contribution in [0.1, 0.15) is 125 Å². The molecule has 0 amide bonds. The van der Waals surface area contributed by atoms with Crippen LogP contribution < -0.4 is 18.9 Å². The second kappa shape index (κ2) is 22.6. The minimum Gasteiger partial charge on any atom is -0.497 e. The quantitative estimate of drug-likeness (QED) is 0.0850. The number of carboxylic acids is 1. The number of halogens is 2. The van der Waals surface area contributed by atoms with E-state index in [1.807, 2.05) is 78.9 Å². The van der Waals surface area contributed by atoms with Gasteiger partial charge in [0.25, 0.3) is 0 Å². The van der Waals surface area contributed by atoms with Crippen LogP contribution in [0.4, 0.5) is 8.78 Å². The fourth-order valence-electron chi connectivity index (χ4n) is 9.31. The van der Waals surface area contributed by atoms with Gasteiger partial charge >= 0.3 is 11.9 Å². The number of carbonyl (C=O) groups excluding carboxylic acids is 1. The van der Waals surface area contributed by atoms with Crippen LogP contribution in [0.3, 0.4) is 0 Å². The molecule has 0 spiro atoms. The molecule has 0 aromatic heterocycles. The standard InChI is InChI=1S/C31H35FO4.C30H33FO4/c1-31(2,3)28-14-6-20(16-26(28)27-17-24(34-4)13-15-29(27)32)19-36-23-11-9-22(10-12-23)25(21-7-8-21)18-30(33)35-5;1-30(2,3)27-13-5-19(15-25(27)26-16-23(34-4)12-14-28(26)31)18-35-22-10-8-21(9-11-22)24(17-29(32)33)20-6-7-20/h6,9-17,21,25H,7-8,18-19H2,1-5H3;5,8-16,20,24H,6-7,17-18H2,1-4H3,(H,32,33)/t25-;24-/m00/s1. The van der Waals surface area contributed by atoms with Gasteiger partial charge in [-0.05, 0) is 177 Å². The lowest BCUT2D eigenvalue weighted by Gasteiger charge is -2.24. The van der Waals surface area contributed by atoms with Crippen molar-refractivity contribution in [1.29, 1.82) is 0 Å². The van der Waals surface area contributed by atoms with Crippen LogP contribution in [-0.4, -0.2) is 38.4 Å². The molecule has 2 saturated carbocycles. The van der Waals surface area contributed by atoms with Gasteiger partial charge in [0.2, 0.25) is 0 Å². The molecule has 2 fully saturated rings. The number of carboxylic acid groups (broad SMARTS) is 1. The highest BCUT2D eigenvalue weighted by atomic mass is 19.1. The zero-order valence-electron chi connectivity index (χ0n) is 42.6. The summed E-state index contributed by atoms with van der Waals surface area (Å²) in [7, 11) is 4.59. The molecule has 0 radical (unpaired) electrons. The van der Waals surface area contributed by atoms with E-state index in [1.54, 1.807) is 38.5 Å². The third-order valence-electron chi connectivity index (χ3n) is 13.5. The highest BCUT2D eigenvalue weighted by molar-refractivity contribution is 5.73. The van der Waals surface area contributed by atoms with Gasteiger partial charge in [-0.25, -0.2) is 8.78 Å². The first-order valence-corrected chi connectivity index (χ1v) is 24.5. The van der Waals surface area contributed by atoms with Crippen molar-refractivity contribution in [1.82, 2.24) is 0 Å². The Morgan fingerprint density at radius 2 is 0.901 bits per heavy atom. The summed E-state index contributed by atoms with van der Waals surface area (Å²) in [6.07, 6.45) is 5.06. The van der Waals surface area contributed by atoms with Crippen LogP contribution in [0.2, 0.25) is 0 Å². The Morgan fingerprint density at radius 1 is 0.521 bits per heavy atom. The monoisotopic (exact) mass is 966 g/mol. The molecule has 1 N–H and O–H groups in total. The van der Waals surface area contributed by atoms with Gasteiger partial charge in [0.05, 0.1) is 34.2 Å². The number of hydrogen-bond acceptors (Lipinski definition) is 7. The Labute approximate surface area is 418 Å². The maximum atomic E-state index is 14.9. The van der Waals surface area contributed by atoms with Crippen LogP contribution in [-0.2, 0) is 38.4 Å². The lowest BCUT2D eigenvalue weighted by molar-refractivity contribution is -0.141. The third kappa shape index (κ3) is 13.8. The normalized spacial score (nSPS) is 14.4. The third-order valence-corrected chi connectivity index (χ3v) is 13.5. The fraction of sp³-hybridized carbons (Fsp3) is 0.377. The summed E-state index contributed by atoms with van der Waals surface area (Å²) in [5, 5.41) is 9.25. The van der Waals surface area contributed by atoms with E-state index >= 15 is 0 Å². The van der Waals surface area contributed by atoms with Crippen LogP contribution in [0.25, 0.3) is 22.3 Å². The van der Waals surface area contributed by atoms with Crippen molar-refractivity contribution in [2.75, 3.05) is 21.3 Å². The first-order chi connectivity index (χ1) is 33.8. The lowest BCUT2D eigenvalue weighted by atomic mass is 9.81. The van der Waals surface area contributed by atoms with E-state index in [-0.39, 0.29) is 46.7 Å². The largest absolute Gasteiger partial charge is 0.497 e. The number of aliphatic carboxylic acids is 1. The number of esters is 1. The molecule has 2 aliphatic carbocycles.